The van der Waals surface area contributed by atoms with E-state index in [1.807, 2.05) is 24.3 Å². The lowest BCUT2D eigenvalue weighted by molar-refractivity contribution is -0.149. The van der Waals surface area contributed by atoms with Gasteiger partial charge in [-0.1, -0.05) is 73.5 Å². The molecule has 2 aromatic carbocycles. The number of rotatable bonds is 14. The first-order chi connectivity index (χ1) is 19.5. The number of nitrogens with one attached hydrogen (secondary N) is 2. The van der Waals surface area contributed by atoms with E-state index in [1.165, 1.54) is 7.11 Å². The van der Waals surface area contributed by atoms with Gasteiger partial charge in [0.05, 0.1) is 12.8 Å². The topological polar surface area (TPSA) is 137 Å². The summed E-state index contributed by atoms with van der Waals surface area (Å²) in [7, 11) is 3.16. The maximum Gasteiger partial charge on any atom is 0.332 e. The van der Waals surface area contributed by atoms with Gasteiger partial charge in [0.1, 0.15) is 5.82 Å². The number of tetrazole rings is 1. The molecule has 2 aromatic heterocycles. The summed E-state index contributed by atoms with van der Waals surface area (Å²) in [5.41, 5.74) is 9.21. The average Bonchev–Trinajstić information content (AvgIpc) is 3.63. The molecule has 0 aliphatic heterocycles. The third kappa shape index (κ3) is 6.09. The number of hydrogen-bond acceptors (Lipinski definition) is 8. The van der Waals surface area contributed by atoms with Crippen molar-refractivity contribution in [2.45, 2.75) is 57.5 Å². The smallest absolute Gasteiger partial charge is 0.332 e. The monoisotopic (exact) mass is 564 g/mol. The van der Waals surface area contributed by atoms with Crippen LogP contribution in [0.25, 0.3) is 22.5 Å². The number of unbranched alkanes of at least 4 members (excludes halogenated alkanes) is 2. The van der Waals surface area contributed by atoms with Crippen molar-refractivity contribution >= 4 is 17.6 Å². The fourth-order valence-corrected chi connectivity index (χ4v) is 5.48. The Morgan fingerprint density at radius 1 is 1.12 bits per heavy atom. The Morgan fingerprint density at radius 2 is 1.88 bits per heavy atom. The van der Waals surface area contributed by atoms with Crippen molar-refractivity contribution in [1.29, 1.82) is 0 Å². The van der Waals surface area contributed by atoms with Crippen LogP contribution < -0.4 is 11.1 Å². The third-order valence-electron chi connectivity index (χ3n) is 7.25. The number of aromatic amines is 1. The van der Waals surface area contributed by atoms with Crippen molar-refractivity contribution in [3.8, 4) is 22.5 Å². The highest BCUT2D eigenvalue weighted by molar-refractivity contribution is 6.30. The second-order valence-corrected chi connectivity index (χ2v) is 10.1. The van der Waals surface area contributed by atoms with Crippen LogP contribution in [0, 0.1) is 0 Å². The first kappa shape index (κ1) is 29.4. The zero-order chi connectivity index (χ0) is 28.5. The van der Waals surface area contributed by atoms with E-state index in [0.29, 0.717) is 36.2 Å². The molecule has 4 N–H and O–H groups in total. The maximum absolute atomic E-state index is 13.3. The molecule has 0 aliphatic carbocycles. The van der Waals surface area contributed by atoms with Crippen LogP contribution in [0.4, 0.5) is 0 Å². The molecule has 212 valence electrons. The van der Waals surface area contributed by atoms with Crippen LogP contribution in [0.3, 0.4) is 0 Å². The molecule has 0 unspecified atom stereocenters. The van der Waals surface area contributed by atoms with Gasteiger partial charge in [0, 0.05) is 18.5 Å². The lowest BCUT2D eigenvalue weighted by Gasteiger charge is -2.32. The Balaban J connectivity index is 1.74. The summed E-state index contributed by atoms with van der Waals surface area (Å²) >= 11 is 6.82. The molecule has 0 aliphatic rings. The second-order valence-electron chi connectivity index (χ2n) is 9.73. The van der Waals surface area contributed by atoms with E-state index in [4.69, 9.17) is 27.1 Å². The fraction of sp³-hybridized carbons (Fsp3) is 0.414. The zero-order valence-corrected chi connectivity index (χ0v) is 24.0. The molecule has 0 amide bonds. The van der Waals surface area contributed by atoms with Gasteiger partial charge in [0.15, 0.2) is 10.7 Å². The van der Waals surface area contributed by atoms with Gasteiger partial charge in [-0.2, -0.15) is 5.21 Å². The molecule has 11 heteroatoms. The van der Waals surface area contributed by atoms with Gasteiger partial charge >= 0.3 is 5.97 Å². The minimum absolute atomic E-state index is 0.310. The summed E-state index contributed by atoms with van der Waals surface area (Å²) in [6.45, 7) is 3.18. The molecule has 2 heterocycles. The zero-order valence-electron chi connectivity index (χ0n) is 23.3. The van der Waals surface area contributed by atoms with Gasteiger partial charge in [-0.15, -0.1) is 10.2 Å². The van der Waals surface area contributed by atoms with Gasteiger partial charge < -0.3 is 15.0 Å². The number of aromatic nitrogens is 6. The molecule has 4 rings (SSSR count). The number of carbonyl (C=O) groups is 1. The summed E-state index contributed by atoms with van der Waals surface area (Å²) in [6.07, 6.45) is 4.71. The van der Waals surface area contributed by atoms with E-state index in [-0.39, 0.29) is 0 Å². The first-order valence-electron chi connectivity index (χ1n) is 13.6. The molecule has 0 saturated heterocycles. The standard InChI is InChI=1S/C29H37ClN8O2/c1-4-5-12-24-33-26(30)25(29(32-2,28(39)40-3)17-8-9-18-31)38(24)19-20-13-15-21(16-14-20)22-10-6-7-11-23(22)27-34-36-37-35-27/h6-7,10-11,13-16,32H,4-5,8-9,12,17-19,31H2,1-3H3,(H,34,35,36,37)/t29-/m1/s1. The maximum atomic E-state index is 13.3. The number of benzene rings is 2. The Kier molecular flexibility index (Phi) is 10.0. The number of ether oxygens (including phenoxy) is 1. The number of carbonyl (C=O) groups excluding carboxylic acids is 1. The van der Waals surface area contributed by atoms with Crippen LogP contribution in [-0.2, 0) is 28.0 Å². The van der Waals surface area contributed by atoms with Gasteiger partial charge in [0.25, 0.3) is 0 Å². The van der Waals surface area contributed by atoms with Crippen LogP contribution in [0.1, 0.15) is 56.1 Å². The number of esters is 1. The Morgan fingerprint density at radius 3 is 2.50 bits per heavy atom. The SMILES string of the molecule is CCCCc1nc(Cl)c([C@@](CCCCN)(NC)C(=O)OC)n1Cc1ccc(-c2ccccc2-c2nn[nH]n2)cc1. The number of H-pyrrole nitrogens is 1. The highest BCUT2D eigenvalue weighted by Crippen LogP contribution is 2.36. The molecule has 0 radical (unpaired) electrons. The summed E-state index contributed by atoms with van der Waals surface area (Å²) in [5, 5.41) is 18.1. The average molecular weight is 565 g/mol. The van der Waals surface area contributed by atoms with Crippen LogP contribution >= 0.6 is 11.6 Å². The summed E-state index contributed by atoms with van der Waals surface area (Å²) in [4.78, 5) is 18.1. The second kappa shape index (κ2) is 13.6. The predicted octanol–water partition coefficient (Wildman–Crippen LogP) is 4.49. The van der Waals surface area contributed by atoms with Crippen molar-refractivity contribution in [2.75, 3.05) is 20.7 Å². The van der Waals surface area contributed by atoms with Crippen LogP contribution in [0.5, 0.6) is 0 Å². The molecule has 10 nitrogen and oxygen atoms in total. The third-order valence-corrected chi connectivity index (χ3v) is 7.51. The number of imidazole rings is 1. The van der Waals surface area contributed by atoms with Crippen molar-refractivity contribution in [1.82, 2.24) is 35.5 Å². The minimum Gasteiger partial charge on any atom is -0.467 e. The van der Waals surface area contributed by atoms with E-state index >= 15 is 0 Å². The summed E-state index contributed by atoms with van der Waals surface area (Å²) < 4.78 is 7.38. The summed E-state index contributed by atoms with van der Waals surface area (Å²) in [6, 6.07) is 16.3. The minimum atomic E-state index is -1.15. The largest absolute Gasteiger partial charge is 0.467 e. The van der Waals surface area contributed by atoms with Gasteiger partial charge in [-0.05, 0) is 61.2 Å². The lowest BCUT2D eigenvalue weighted by atomic mass is 9.88. The van der Waals surface area contributed by atoms with Crippen LogP contribution in [-0.4, -0.2) is 56.8 Å². The Bertz CT molecular complexity index is 1390. The quantitative estimate of drug-likeness (QED) is 0.150. The van der Waals surface area contributed by atoms with Gasteiger partial charge in [-0.3, -0.25) is 5.32 Å². The van der Waals surface area contributed by atoms with Gasteiger partial charge in [-0.25, -0.2) is 9.78 Å². The lowest BCUT2D eigenvalue weighted by Crippen LogP contribution is -2.50. The van der Waals surface area contributed by atoms with E-state index in [1.54, 1.807) is 7.05 Å². The van der Waals surface area contributed by atoms with Crippen molar-refractivity contribution < 1.29 is 9.53 Å². The number of nitrogens with zero attached hydrogens (tertiary/aromatic N) is 5. The molecule has 0 spiro atoms. The Labute approximate surface area is 239 Å². The number of likely N-dealkylation sites (N-methyl/N-ethyl adjacent to an activating group) is 1. The predicted molar refractivity (Wildman–Crippen MR) is 156 cm³/mol. The molecule has 4 aromatic rings. The summed E-state index contributed by atoms with van der Waals surface area (Å²) in [5.74, 6) is 0.986. The molecular weight excluding hydrogens is 528 g/mol. The number of methoxy groups -OCH3 is 1. The van der Waals surface area contributed by atoms with Crippen molar-refractivity contribution in [3.63, 3.8) is 0 Å². The first-order valence-corrected chi connectivity index (χ1v) is 14.0. The van der Waals surface area contributed by atoms with Crippen LogP contribution in [0.15, 0.2) is 48.5 Å². The molecule has 1 atom stereocenters. The molecule has 0 bridgehead atoms. The highest BCUT2D eigenvalue weighted by Gasteiger charge is 2.45. The number of nitrogens with two attached hydrogens (primary N) is 1. The Hall–Kier alpha value is -3.60. The van der Waals surface area contributed by atoms with E-state index in [2.05, 4.69) is 61.7 Å². The number of aryl methyl sites for hydroxylation is 1. The fourth-order valence-electron chi connectivity index (χ4n) is 5.12. The van der Waals surface area contributed by atoms with Gasteiger partial charge in [0.2, 0.25) is 5.82 Å². The van der Waals surface area contributed by atoms with Crippen molar-refractivity contribution in [3.05, 3.63) is 70.8 Å². The van der Waals surface area contributed by atoms with Crippen molar-refractivity contribution in [2.24, 2.45) is 5.73 Å². The van der Waals surface area contributed by atoms with E-state index in [9.17, 15) is 4.79 Å². The number of hydrogen-bond donors (Lipinski definition) is 3. The highest BCUT2D eigenvalue weighted by atomic mass is 35.5. The molecular formula is C29H37ClN8O2. The molecule has 40 heavy (non-hydrogen) atoms. The molecule has 0 saturated carbocycles. The normalized spacial score (nSPS) is 12.8. The van der Waals surface area contributed by atoms with Crippen LogP contribution in [0.2, 0.25) is 5.15 Å². The van der Waals surface area contributed by atoms with E-state index < -0.39 is 11.5 Å². The number of halogens is 1. The van der Waals surface area contributed by atoms with E-state index in [0.717, 1.165) is 60.2 Å². The molecule has 0 fully saturated rings.